The molecule has 162 valence electrons. The molecular weight excluding hydrogens is 412 g/mol. The Labute approximate surface area is 182 Å². The number of benzene rings is 2. The first-order valence-corrected chi connectivity index (χ1v) is 11.7. The molecule has 1 aromatic heterocycles. The van der Waals surface area contributed by atoms with Gasteiger partial charge in [0.2, 0.25) is 0 Å². The maximum atomic E-state index is 12.8. The van der Waals surface area contributed by atoms with Crippen molar-refractivity contribution in [3.05, 3.63) is 76.6 Å². The molecule has 0 bridgehead atoms. The second-order valence-electron chi connectivity index (χ2n) is 8.04. The second kappa shape index (κ2) is 8.19. The summed E-state index contributed by atoms with van der Waals surface area (Å²) in [5, 5.41) is 7.39. The van der Waals surface area contributed by atoms with Gasteiger partial charge in [-0.1, -0.05) is 12.1 Å². The van der Waals surface area contributed by atoms with Crippen molar-refractivity contribution in [2.75, 3.05) is 4.72 Å². The Balaban J connectivity index is 1.47. The van der Waals surface area contributed by atoms with E-state index >= 15 is 0 Å². The fraction of sp³-hybridized carbons (Fsp3) is 0.304. The molecule has 0 spiro atoms. The van der Waals surface area contributed by atoms with Gasteiger partial charge in [-0.15, -0.1) is 0 Å². The fourth-order valence-corrected chi connectivity index (χ4v) is 5.38. The highest BCUT2D eigenvalue weighted by atomic mass is 32.2. The predicted octanol–water partition coefficient (Wildman–Crippen LogP) is 3.65. The van der Waals surface area contributed by atoms with E-state index in [4.69, 9.17) is 0 Å². The smallest absolute Gasteiger partial charge is 0.262 e. The van der Waals surface area contributed by atoms with Crippen molar-refractivity contribution in [3.8, 4) is 0 Å². The molecule has 1 atom stereocenters. The fourth-order valence-electron chi connectivity index (χ4n) is 3.99. The zero-order chi connectivity index (χ0) is 22.2. The summed E-state index contributed by atoms with van der Waals surface area (Å²) in [6, 6.07) is 11.7. The van der Waals surface area contributed by atoms with Crippen LogP contribution in [0.4, 0.5) is 5.69 Å². The van der Waals surface area contributed by atoms with E-state index in [-0.39, 0.29) is 16.8 Å². The number of carbonyl (C=O) groups is 1. The maximum absolute atomic E-state index is 12.8. The van der Waals surface area contributed by atoms with Crippen LogP contribution >= 0.6 is 0 Å². The van der Waals surface area contributed by atoms with Crippen molar-refractivity contribution in [1.29, 1.82) is 0 Å². The number of amides is 1. The third-order valence-electron chi connectivity index (χ3n) is 5.71. The minimum Gasteiger partial charge on any atom is -0.345 e. The number of anilines is 1. The normalized spacial score (nSPS) is 15.9. The van der Waals surface area contributed by atoms with Crippen LogP contribution in [0, 0.1) is 13.8 Å². The van der Waals surface area contributed by atoms with Gasteiger partial charge in [0.05, 0.1) is 17.1 Å². The highest BCUT2D eigenvalue weighted by molar-refractivity contribution is 7.92. The number of hydrogen-bond acceptors (Lipinski definition) is 4. The van der Waals surface area contributed by atoms with Gasteiger partial charge in [-0.25, -0.2) is 8.42 Å². The first-order valence-electron chi connectivity index (χ1n) is 10.3. The van der Waals surface area contributed by atoms with Crippen molar-refractivity contribution >= 4 is 21.6 Å². The standard InChI is InChI=1S/C23H26N4O3S/c1-15-7-8-16(2)22(13-15)31(29,30)26-18-11-9-17(10-12-18)23(28)25-20-5-4-6-21-19(20)14-24-27(21)3/h7-14,20,26H,4-6H2,1-3H3,(H,25,28). The largest absolute Gasteiger partial charge is 0.345 e. The summed E-state index contributed by atoms with van der Waals surface area (Å²) in [5.41, 5.74) is 4.66. The summed E-state index contributed by atoms with van der Waals surface area (Å²) in [4.78, 5) is 13.0. The van der Waals surface area contributed by atoms with Gasteiger partial charge in [0.15, 0.2) is 0 Å². The van der Waals surface area contributed by atoms with Gasteiger partial charge >= 0.3 is 0 Å². The van der Waals surface area contributed by atoms with E-state index in [1.54, 1.807) is 43.3 Å². The lowest BCUT2D eigenvalue weighted by molar-refractivity contribution is 0.0932. The van der Waals surface area contributed by atoms with Gasteiger partial charge in [-0.3, -0.25) is 14.2 Å². The summed E-state index contributed by atoms with van der Waals surface area (Å²) in [6.45, 7) is 3.62. The molecule has 7 nitrogen and oxygen atoms in total. The molecule has 1 heterocycles. The van der Waals surface area contributed by atoms with Crippen LogP contribution in [0.1, 0.15) is 51.6 Å². The molecule has 8 heteroatoms. The van der Waals surface area contributed by atoms with E-state index in [1.165, 1.54) is 0 Å². The lowest BCUT2D eigenvalue weighted by atomic mass is 9.93. The number of aromatic nitrogens is 2. The minimum absolute atomic E-state index is 0.0626. The summed E-state index contributed by atoms with van der Waals surface area (Å²) < 4.78 is 30.0. The summed E-state index contributed by atoms with van der Waals surface area (Å²) >= 11 is 0. The molecule has 0 saturated carbocycles. The highest BCUT2D eigenvalue weighted by Gasteiger charge is 2.25. The molecule has 0 fully saturated rings. The lowest BCUT2D eigenvalue weighted by Gasteiger charge is -2.23. The van der Waals surface area contributed by atoms with E-state index < -0.39 is 10.0 Å². The molecule has 0 aliphatic heterocycles. The van der Waals surface area contributed by atoms with Gasteiger partial charge in [-0.05, 0) is 74.6 Å². The molecule has 31 heavy (non-hydrogen) atoms. The third kappa shape index (κ3) is 4.34. The molecule has 1 amide bonds. The number of nitrogens with zero attached hydrogens (tertiary/aromatic N) is 2. The summed E-state index contributed by atoms with van der Waals surface area (Å²) in [6.07, 6.45) is 4.66. The number of nitrogens with one attached hydrogen (secondary N) is 2. The van der Waals surface area contributed by atoms with Crippen LogP contribution in [0.15, 0.2) is 53.6 Å². The number of carbonyl (C=O) groups excluding carboxylic acids is 1. The number of aryl methyl sites for hydroxylation is 3. The molecule has 1 aliphatic rings. The van der Waals surface area contributed by atoms with Crippen LogP contribution in [-0.4, -0.2) is 24.1 Å². The van der Waals surface area contributed by atoms with Crippen molar-refractivity contribution in [2.24, 2.45) is 7.05 Å². The topological polar surface area (TPSA) is 93.1 Å². The van der Waals surface area contributed by atoms with E-state index in [0.717, 1.165) is 36.1 Å². The molecule has 1 unspecified atom stereocenters. The van der Waals surface area contributed by atoms with Crippen LogP contribution in [0.25, 0.3) is 0 Å². The molecule has 0 radical (unpaired) electrons. The average Bonchev–Trinajstić information content (AvgIpc) is 3.12. The third-order valence-corrected chi connectivity index (χ3v) is 7.24. The Hall–Kier alpha value is -3.13. The van der Waals surface area contributed by atoms with Crippen LogP contribution in [0.2, 0.25) is 0 Å². The first-order chi connectivity index (χ1) is 14.7. The van der Waals surface area contributed by atoms with Gasteiger partial charge in [0.1, 0.15) is 0 Å². The SMILES string of the molecule is Cc1ccc(C)c(S(=O)(=O)Nc2ccc(C(=O)NC3CCCc4c3cnn4C)cc2)c1. The molecule has 1 aliphatic carbocycles. The van der Waals surface area contributed by atoms with Gasteiger partial charge in [0.25, 0.3) is 15.9 Å². The quantitative estimate of drug-likeness (QED) is 0.636. The van der Waals surface area contributed by atoms with E-state index in [1.807, 2.05) is 30.9 Å². The van der Waals surface area contributed by atoms with Crippen molar-refractivity contribution in [2.45, 2.75) is 44.0 Å². The van der Waals surface area contributed by atoms with Gasteiger partial charge in [0, 0.05) is 29.6 Å². The Bertz CT molecular complexity index is 1230. The molecular formula is C23H26N4O3S. The van der Waals surface area contributed by atoms with E-state index in [0.29, 0.717) is 16.8 Å². The van der Waals surface area contributed by atoms with Crippen molar-refractivity contribution in [1.82, 2.24) is 15.1 Å². The van der Waals surface area contributed by atoms with Crippen molar-refractivity contribution < 1.29 is 13.2 Å². The molecule has 4 rings (SSSR count). The van der Waals surface area contributed by atoms with E-state index in [2.05, 4.69) is 15.1 Å². The Morgan fingerprint density at radius 2 is 1.87 bits per heavy atom. The summed E-state index contributed by atoms with van der Waals surface area (Å²) in [5.74, 6) is -0.189. The first kappa shape index (κ1) is 21.1. The molecule has 2 aromatic carbocycles. The highest BCUT2D eigenvalue weighted by Crippen LogP contribution is 2.29. The van der Waals surface area contributed by atoms with Crippen LogP contribution < -0.4 is 10.0 Å². The number of fused-ring (bicyclic) bond motifs is 1. The number of rotatable bonds is 5. The summed E-state index contributed by atoms with van der Waals surface area (Å²) in [7, 11) is -1.80. The maximum Gasteiger partial charge on any atom is 0.262 e. The molecule has 3 aromatic rings. The second-order valence-corrected chi connectivity index (χ2v) is 9.69. The van der Waals surface area contributed by atoms with E-state index in [9.17, 15) is 13.2 Å². The minimum atomic E-state index is -3.71. The van der Waals surface area contributed by atoms with Gasteiger partial charge < -0.3 is 5.32 Å². The lowest BCUT2D eigenvalue weighted by Crippen LogP contribution is -2.30. The zero-order valence-corrected chi connectivity index (χ0v) is 18.7. The molecule has 2 N–H and O–H groups in total. The predicted molar refractivity (Wildman–Crippen MR) is 120 cm³/mol. The van der Waals surface area contributed by atoms with Crippen LogP contribution in [0.3, 0.4) is 0 Å². The Kier molecular flexibility index (Phi) is 5.58. The van der Waals surface area contributed by atoms with Crippen LogP contribution in [-0.2, 0) is 23.5 Å². The zero-order valence-electron chi connectivity index (χ0n) is 17.8. The van der Waals surface area contributed by atoms with Gasteiger partial charge in [-0.2, -0.15) is 5.10 Å². The monoisotopic (exact) mass is 438 g/mol. The Morgan fingerprint density at radius 1 is 1.13 bits per heavy atom. The number of sulfonamides is 1. The molecule has 0 saturated heterocycles. The van der Waals surface area contributed by atoms with Crippen LogP contribution in [0.5, 0.6) is 0 Å². The average molecular weight is 439 g/mol. The number of hydrogen-bond donors (Lipinski definition) is 2. The van der Waals surface area contributed by atoms with Crippen molar-refractivity contribution in [3.63, 3.8) is 0 Å². The Morgan fingerprint density at radius 3 is 2.61 bits per heavy atom.